The van der Waals surface area contributed by atoms with Crippen LogP contribution in [0.5, 0.6) is 0 Å². The first kappa shape index (κ1) is 35.1. The molecule has 0 bridgehead atoms. The third kappa shape index (κ3) is 9.73. The molecule has 0 aliphatic heterocycles. The third-order valence-electron chi connectivity index (χ3n) is 7.24. The van der Waals surface area contributed by atoms with Gasteiger partial charge >= 0.3 is 0 Å². The van der Waals surface area contributed by atoms with Crippen LogP contribution < -0.4 is 10.7 Å². The van der Waals surface area contributed by atoms with Crippen LogP contribution in [0, 0.1) is 32.6 Å². The maximum absolute atomic E-state index is 13.9. The number of nitrogens with one attached hydrogen (secondary N) is 2. The standard InChI is InChI=1S/C28H34FN7.C6H12.CH4/c1-17(2)24-14-18(3)13-20(5)26(24)32-21(6)25-15-23(16-31-35-33-22(7)28(8,9)29)34-36(25)27-19(4)11-10-12-30-27;1-5(2)6-3-4-6;/h10-15,32H,1,6-7,16H2,2-5,8-9H3,(H,31,33);5-6H,3-4H2,1-2H3;1H4. The van der Waals surface area contributed by atoms with E-state index in [1.165, 1.54) is 26.7 Å². The van der Waals surface area contributed by atoms with Gasteiger partial charge in [0.05, 0.1) is 22.8 Å². The topological polar surface area (TPSA) is 79.5 Å². The summed E-state index contributed by atoms with van der Waals surface area (Å²) in [5, 5.41) is 16.2. The summed E-state index contributed by atoms with van der Waals surface area (Å²) in [7, 11) is 0. The van der Waals surface area contributed by atoms with Crippen molar-refractivity contribution < 1.29 is 4.39 Å². The van der Waals surface area contributed by atoms with Gasteiger partial charge in [0.15, 0.2) is 5.82 Å². The summed E-state index contributed by atoms with van der Waals surface area (Å²) in [6, 6.07) is 9.97. The molecule has 0 saturated heterocycles. The molecule has 1 saturated carbocycles. The molecule has 1 fully saturated rings. The van der Waals surface area contributed by atoms with Gasteiger partial charge in [0.1, 0.15) is 12.2 Å². The van der Waals surface area contributed by atoms with Gasteiger partial charge in [0.2, 0.25) is 0 Å². The first-order chi connectivity index (χ1) is 19.7. The molecule has 7 nitrogen and oxygen atoms in total. The Bertz CT molecular complexity index is 1470. The summed E-state index contributed by atoms with van der Waals surface area (Å²) in [5.74, 6) is 2.75. The Kier molecular flexibility index (Phi) is 12.2. The smallest absolute Gasteiger partial charge is 0.156 e. The molecule has 0 unspecified atom stereocenters. The van der Waals surface area contributed by atoms with Crippen molar-refractivity contribution in [1.82, 2.24) is 20.2 Å². The monoisotopic (exact) mass is 587 g/mol. The zero-order valence-corrected chi connectivity index (χ0v) is 26.5. The summed E-state index contributed by atoms with van der Waals surface area (Å²) >= 11 is 0. The van der Waals surface area contributed by atoms with Crippen molar-refractivity contribution >= 4 is 17.0 Å². The second-order valence-corrected chi connectivity index (χ2v) is 12.0. The molecule has 8 heteroatoms. The molecule has 0 spiro atoms. The summed E-state index contributed by atoms with van der Waals surface area (Å²) in [6.07, 6.45) is 4.72. The Balaban J connectivity index is 0.000000820. The number of nitrogens with zero attached hydrogens (tertiary/aromatic N) is 5. The molecule has 3 aromatic rings. The molecule has 0 amide bonds. The van der Waals surface area contributed by atoms with Gasteiger partial charge in [0.25, 0.3) is 0 Å². The van der Waals surface area contributed by atoms with Crippen molar-refractivity contribution in [2.45, 2.75) is 87.9 Å². The van der Waals surface area contributed by atoms with Gasteiger partial charge in [-0.15, -0.1) is 0 Å². The Morgan fingerprint density at radius 1 is 1.12 bits per heavy atom. The number of allylic oxidation sites excluding steroid dienone is 2. The second kappa shape index (κ2) is 14.9. The number of hydrogen-bond donors (Lipinski definition) is 2. The van der Waals surface area contributed by atoms with E-state index >= 15 is 0 Å². The van der Waals surface area contributed by atoms with Gasteiger partial charge in [-0.25, -0.2) is 14.1 Å². The number of pyridine rings is 1. The number of alkyl halides is 1. The summed E-state index contributed by atoms with van der Waals surface area (Å²) in [5.41, 5.74) is 9.23. The largest absolute Gasteiger partial charge is 0.354 e. The van der Waals surface area contributed by atoms with E-state index in [0.29, 0.717) is 17.2 Å². The number of anilines is 1. The molecule has 1 aliphatic carbocycles. The molecule has 232 valence electrons. The summed E-state index contributed by atoms with van der Waals surface area (Å²) in [4.78, 5) is 4.53. The molecule has 2 aromatic heterocycles. The zero-order chi connectivity index (χ0) is 31.2. The lowest BCUT2D eigenvalue weighted by molar-refractivity contribution is 0.254. The fourth-order valence-corrected chi connectivity index (χ4v) is 4.37. The lowest BCUT2D eigenvalue weighted by Gasteiger charge is -2.18. The van der Waals surface area contributed by atoms with Crippen LogP contribution in [0.15, 0.2) is 72.3 Å². The molecule has 2 heterocycles. The molecule has 43 heavy (non-hydrogen) atoms. The van der Waals surface area contributed by atoms with Gasteiger partial charge < -0.3 is 5.32 Å². The first-order valence-electron chi connectivity index (χ1n) is 14.4. The van der Waals surface area contributed by atoms with Crippen LogP contribution >= 0.6 is 0 Å². The van der Waals surface area contributed by atoms with E-state index in [0.717, 1.165) is 51.0 Å². The Morgan fingerprint density at radius 3 is 2.33 bits per heavy atom. The number of halogens is 1. The highest BCUT2D eigenvalue weighted by molar-refractivity contribution is 5.84. The number of aromatic nitrogens is 3. The fraction of sp³-hybridized carbons (Fsp3) is 0.429. The van der Waals surface area contributed by atoms with E-state index in [1.807, 2.05) is 32.0 Å². The maximum Gasteiger partial charge on any atom is 0.156 e. The number of aryl methyl sites for hydroxylation is 3. The lowest BCUT2D eigenvalue weighted by Crippen LogP contribution is -2.23. The molecule has 0 atom stereocenters. The van der Waals surface area contributed by atoms with E-state index in [-0.39, 0.29) is 19.7 Å². The van der Waals surface area contributed by atoms with Crippen molar-refractivity contribution in [3.8, 4) is 5.82 Å². The van der Waals surface area contributed by atoms with Crippen LogP contribution in [-0.2, 0) is 6.54 Å². The molecule has 1 aromatic carbocycles. The van der Waals surface area contributed by atoms with Crippen molar-refractivity contribution in [3.63, 3.8) is 0 Å². The lowest BCUT2D eigenvalue weighted by atomic mass is 9.99. The summed E-state index contributed by atoms with van der Waals surface area (Å²) in [6.45, 7) is 27.7. The normalized spacial score (nSPS) is 12.8. The minimum absolute atomic E-state index is 0. The predicted molar refractivity (Wildman–Crippen MR) is 180 cm³/mol. The maximum atomic E-state index is 13.9. The van der Waals surface area contributed by atoms with E-state index in [4.69, 9.17) is 5.10 Å². The third-order valence-corrected chi connectivity index (χ3v) is 7.24. The molecular weight excluding hydrogens is 537 g/mol. The Labute approximate surface area is 258 Å². The number of rotatable bonds is 11. The summed E-state index contributed by atoms with van der Waals surface area (Å²) < 4.78 is 15.6. The SMILES string of the molecule is C.C=C(C)c1cc(C)cc(C)c1NC(=C)c1cc(CN=NNC(=C)C(C)(C)F)nn1-c1ncccc1C.CC(C)C1CC1. The van der Waals surface area contributed by atoms with Gasteiger partial charge in [-0.3, -0.25) is 5.43 Å². The molecule has 2 N–H and O–H groups in total. The van der Waals surface area contributed by atoms with Crippen LogP contribution in [0.2, 0.25) is 0 Å². The average molecular weight is 588 g/mol. The Morgan fingerprint density at radius 2 is 1.79 bits per heavy atom. The van der Waals surface area contributed by atoms with Crippen LogP contribution in [0.1, 0.15) is 88.5 Å². The van der Waals surface area contributed by atoms with E-state index in [9.17, 15) is 4.39 Å². The fourth-order valence-electron chi connectivity index (χ4n) is 4.37. The number of benzene rings is 1. The highest BCUT2D eigenvalue weighted by Crippen LogP contribution is 2.36. The van der Waals surface area contributed by atoms with Crippen LogP contribution in [0.25, 0.3) is 17.1 Å². The second-order valence-electron chi connectivity index (χ2n) is 12.0. The molecule has 1 aliphatic rings. The van der Waals surface area contributed by atoms with Crippen molar-refractivity contribution in [3.05, 3.63) is 95.6 Å². The van der Waals surface area contributed by atoms with Crippen molar-refractivity contribution in [2.24, 2.45) is 22.2 Å². The highest BCUT2D eigenvalue weighted by Gasteiger charge is 2.24. The average Bonchev–Trinajstić information content (AvgIpc) is 3.68. The Hall–Kier alpha value is -4.07. The zero-order valence-electron chi connectivity index (χ0n) is 26.5. The van der Waals surface area contributed by atoms with Gasteiger partial charge in [-0.2, -0.15) is 10.2 Å². The van der Waals surface area contributed by atoms with E-state index in [2.05, 4.69) is 85.6 Å². The van der Waals surface area contributed by atoms with E-state index in [1.54, 1.807) is 10.9 Å². The van der Waals surface area contributed by atoms with E-state index < -0.39 is 5.67 Å². The van der Waals surface area contributed by atoms with Crippen LogP contribution in [-0.4, -0.2) is 20.4 Å². The quantitative estimate of drug-likeness (QED) is 0.173. The van der Waals surface area contributed by atoms with Crippen LogP contribution in [0.4, 0.5) is 10.1 Å². The highest BCUT2D eigenvalue weighted by atomic mass is 19.1. The van der Waals surface area contributed by atoms with Gasteiger partial charge in [-0.1, -0.05) is 63.9 Å². The molecule has 4 rings (SSSR count). The minimum Gasteiger partial charge on any atom is -0.354 e. The van der Waals surface area contributed by atoms with Crippen LogP contribution in [0.3, 0.4) is 0 Å². The predicted octanol–water partition coefficient (Wildman–Crippen LogP) is 9.72. The van der Waals surface area contributed by atoms with Gasteiger partial charge in [-0.05, 0) is 101 Å². The van der Waals surface area contributed by atoms with Crippen molar-refractivity contribution in [2.75, 3.05) is 5.32 Å². The molecule has 0 radical (unpaired) electrons. The van der Waals surface area contributed by atoms with Crippen molar-refractivity contribution in [1.29, 1.82) is 0 Å². The number of hydrogen-bond acceptors (Lipinski definition) is 5. The van der Waals surface area contributed by atoms with Gasteiger partial charge in [0, 0.05) is 17.4 Å². The minimum atomic E-state index is -1.61. The first-order valence-corrected chi connectivity index (χ1v) is 14.4. The molecular formula is C35H50FN7.